The molecule has 0 aromatic carbocycles. The SMILES string of the molecule is CC1=C(C=O)CC2CCCCC12O. The smallest absolute Gasteiger partial charge is 0.146 e. The molecule has 0 bridgehead atoms. The lowest BCUT2D eigenvalue weighted by molar-refractivity contribution is -0.105. The highest BCUT2D eigenvalue weighted by molar-refractivity contribution is 5.76. The van der Waals surface area contributed by atoms with Crippen LogP contribution in [0.4, 0.5) is 0 Å². The highest BCUT2D eigenvalue weighted by atomic mass is 16.3. The fourth-order valence-electron chi connectivity index (χ4n) is 2.83. The summed E-state index contributed by atoms with van der Waals surface area (Å²) in [5.41, 5.74) is 1.15. The number of rotatable bonds is 1. The minimum atomic E-state index is -0.630. The highest BCUT2D eigenvalue weighted by Crippen LogP contribution is 2.47. The molecule has 0 heterocycles. The Balaban J connectivity index is 2.33. The fourth-order valence-corrected chi connectivity index (χ4v) is 2.83. The maximum atomic E-state index is 10.7. The van der Waals surface area contributed by atoms with Gasteiger partial charge in [0.2, 0.25) is 0 Å². The van der Waals surface area contributed by atoms with Gasteiger partial charge in [0.25, 0.3) is 0 Å². The molecule has 0 radical (unpaired) electrons. The van der Waals surface area contributed by atoms with Gasteiger partial charge in [-0.05, 0) is 43.3 Å². The molecule has 72 valence electrons. The summed E-state index contributed by atoms with van der Waals surface area (Å²) in [6.07, 6.45) is 5.94. The molecular formula is C11H16O2. The summed E-state index contributed by atoms with van der Waals surface area (Å²) in [7, 11) is 0. The van der Waals surface area contributed by atoms with E-state index in [0.29, 0.717) is 5.92 Å². The zero-order valence-corrected chi connectivity index (χ0v) is 8.05. The Hall–Kier alpha value is -0.630. The van der Waals surface area contributed by atoms with E-state index in [1.807, 2.05) is 6.92 Å². The number of hydrogen-bond donors (Lipinski definition) is 1. The van der Waals surface area contributed by atoms with Gasteiger partial charge in [0.15, 0.2) is 0 Å². The van der Waals surface area contributed by atoms with E-state index in [2.05, 4.69) is 0 Å². The summed E-state index contributed by atoms with van der Waals surface area (Å²) in [6, 6.07) is 0. The van der Waals surface area contributed by atoms with E-state index in [1.165, 1.54) is 6.42 Å². The summed E-state index contributed by atoms with van der Waals surface area (Å²) < 4.78 is 0. The Morgan fingerprint density at radius 2 is 2.31 bits per heavy atom. The van der Waals surface area contributed by atoms with Crippen molar-refractivity contribution in [2.24, 2.45) is 5.92 Å². The van der Waals surface area contributed by atoms with Gasteiger partial charge in [0.05, 0.1) is 5.60 Å². The molecule has 0 aliphatic heterocycles. The maximum absolute atomic E-state index is 10.7. The van der Waals surface area contributed by atoms with Crippen molar-refractivity contribution in [2.45, 2.75) is 44.6 Å². The molecule has 2 aliphatic rings. The lowest BCUT2D eigenvalue weighted by atomic mass is 9.75. The molecule has 0 spiro atoms. The van der Waals surface area contributed by atoms with Crippen LogP contribution < -0.4 is 0 Å². The third kappa shape index (κ3) is 1.16. The molecule has 1 saturated carbocycles. The molecule has 2 aliphatic carbocycles. The predicted molar refractivity (Wildman–Crippen MR) is 50.3 cm³/mol. The number of aliphatic hydroxyl groups is 1. The van der Waals surface area contributed by atoms with Crippen molar-refractivity contribution in [3.63, 3.8) is 0 Å². The number of allylic oxidation sites excluding steroid dienone is 1. The first kappa shape index (κ1) is 8.95. The van der Waals surface area contributed by atoms with Crippen molar-refractivity contribution >= 4 is 6.29 Å². The molecule has 2 heteroatoms. The number of carbonyl (C=O) groups is 1. The van der Waals surface area contributed by atoms with Crippen LogP contribution in [0.2, 0.25) is 0 Å². The second-order valence-corrected chi connectivity index (χ2v) is 4.34. The molecule has 1 fully saturated rings. The van der Waals surface area contributed by atoms with E-state index < -0.39 is 5.60 Å². The first-order valence-electron chi connectivity index (χ1n) is 5.06. The monoisotopic (exact) mass is 180 g/mol. The first-order valence-corrected chi connectivity index (χ1v) is 5.06. The summed E-state index contributed by atoms with van der Waals surface area (Å²) in [5, 5.41) is 10.4. The van der Waals surface area contributed by atoms with Gasteiger partial charge in [0, 0.05) is 0 Å². The first-order chi connectivity index (χ1) is 6.18. The molecule has 1 N–H and O–H groups in total. The van der Waals surface area contributed by atoms with Gasteiger partial charge in [-0.25, -0.2) is 0 Å². The van der Waals surface area contributed by atoms with Gasteiger partial charge in [-0.1, -0.05) is 12.8 Å². The van der Waals surface area contributed by atoms with Crippen LogP contribution in [0.15, 0.2) is 11.1 Å². The summed E-state index contributed by atoms with van der Waals surface area (Å²) >= 11 is 0. The number of aldehydes is 1. The minimum absolute atomic E-state index is 0.321. The molecule has 2 rings (SSSR count). The molecule has 2 nitrogen and oxygen atoms in total. The zero-order chi connectivity index (χ0) is 9.47. The standard InChI is InChI=1S/C11H16O2/c1-8-9(7-12)6-10-4-2-3-5-11(8,10)13/h7,10,13H,2-6H2,1H3. The lowest BCUT2D eigenvalue weighted by Gasteiger charge is -2.36. The Morgan fingerprint density at radius 3 is 2.92 bits per heavy atom. The van der Waals surface area contributed by atoms with E-state index in [9.17, 15) is 9.90 Å². The zero-order valence-electron chi connectivity index (χ0n) is 8.05. The lowest BCUT2D eigenvalue weighted by Crippen LogP contribution is -2.38. The van der Waals surface area contributed by atoms with Crippen LogP contribution in [0.1, 0.15) is 39.0 Å². The van der Waals surface area contributed by atoms with Crippen molar-refractivity contribution in [3.05, 3.63) is 11.1 Å². The second kappa shape index (κ2) is 2.95. The number of carbonyl (C=O) groups excluding carboxylic acids is 1. The van der Waals surface area contributed by atoms with Gasteiger partial charge < -0.3 is 5.11 Å². The third-order valence-electron chi connectivity index (χ3n) is 3.78. The number of fused-ring (bicyclic) bond motifs is 1. The topological polar surface area (TPSA) is 37.3 Å². The molecule has 0 amide bonds. The van der Waals surface area contributed by atoms with Gasteiger partial charge in [-0.3, -0.25) is 4.79 Å². The predicted octanol–water partition coefficient (Wildman–Crippen LogP) is 1.83. The van der Waals surface area contributed by atoms with Crippen molar-refractivity contribution in [1.29, 1.82) is 0 Å². The third-order valence-corrected chi connectivity index (χ3v) is 3.78. The fraction of sp³-hybridized carbons (Fsp3) is 0.727. The molecular weight excluding hydrogens is 164 g/mol. The van der Waals surface area contributed by atoms with Crippen molar-refractivity contribution in [3.8, 4) is 0 Å². The molecule has 0 aromatic heterocycles. The van der Waals surface area contributed by atoms with E-state index in [0.717, 1.165) is 43.1 Å². The van der Waals surface area contributed by atoms with E-state index >= 15 is 0 Å². The van der Waals surface area contributed by atoms with Crippen molar-refractivity contribution in [1.82, 2.24) is 0 Å². The maximum Gasteiger partial charge on any atom is 0.146 e. The average molecular weight is 180 g/mol. The molecule has 2 unspecified atom stereocenters. The molecule has 2 atom stereocenters. The normalized spacial score (nSPS) is 39.1. The van der Waals surface area contributed by atoms with Crippen molar-refractivity contribution in [2.75, 3.05) is 0 Å². The highest BCUT2D eigenvalue weighted by Gasteiger charge is 2.45. The van der Waals surface area contributed by atoms with Crippen LogP contribution in [-0.2, 0) is 4.79 Å². The van der Waals surface area contributed by atoms with Crippen LogP contribution >= 0.6 is 0 Å². The quantitative estimate of drug-likeness (QED) is 0.625. The van der Waals surface area contributed by atoms with Gasteiger partial charge in [-0.15, -0.1) is 0 Å². The van der Waals surface area contributed by atoms with Crippen LogP contribution in [-0.4, -0.2) is 17.0 Å². The Bertz CT molecular complexity index is 267. The molecule has 0 aromatic rings. The summed E-state index contributed by atoms with van der Waals surface area (Å²) in [6.45, 7) is 1.91. The largest absolute Gasteiger partial charge is 0.385 e. The Labute approximate surface area is 78.6 Å². The number of hydrogen-bond acceptors (Lipinski definition) is 2. The van der Waals surface area contributed by atoms with E-state index in [4.69, 9.17) is 0 Å². The van der Waals surface area contributed by atoms with Crippen LogP contribution in [0, 0.1) is 5.92 Å². The van der Waals surface area contributed by atoms with Crippen LogP contribution in [0.25, 0.3) is 0 Å². The summed E-state index contributed by atoms with van der Waals surface area (Å²) in [4.78, 5) is 10.7. The van der Waals surface area contributed by atoms with E-state index in [1.54, 1.807) is 0 Å². The van der Waals surface area contributed by atoms with Crippen molar-refractivity contribution < 1.29 is 9.90 Å². The Kier molecular flexibility index (Phi) is 2.03. The summed E-state index contributed by atoms with van der Waals surface area (Å²) in [5.74, 6) is 0.321. The Morgan fingerprint density at radius 1 is 1.54 bits per heavy atom. The minimum Gasteiger partial charge on any atom is -0.385 e. The van der Waals surface area contributed by atoms with Gasteiger partial charge in [0.1, 0.15) is 6.29 Å². The second-order valence-electron chi connectivity index (χ2n) is 4.34. The molecule has 0 saturated heterocycles. The van der Waals surface area contributed by atoms with Crippen LogP contribution in [0.3, 0.4) is 0 Å². The van der Waals surface area contributed by atoms with Gasteiger partial charge >= 0.3 is 0 Å². The van der Waals surface area contributed by atoms with Crippen LogP contribution in [0.5, 0.6) is 0 Å². The van der Waals surface area contributed by atoms with Gasteiger partial charge in [-0.2, -0.15) is 0 Å². The van der Waals surface area contributed by atoms with E-state index in [-0.39, 0.29) is 0 Å². The molecule has 13 heavy (non-hydrogen) atoms. The average Bonchev–Trinajstić information content (AvgIpc) is 2.40.